The van der Waals surface area contributed by atoms with Crippen molar-refractivity contribution in [1.29, 1.82) is 0 Å². The smallest absolute Gasteiger partial charge is 0.338 e. The lowest BCUT2D eigenvalue weighted by Crippen LogP contribution is -2.34. The number of amides is 1. The van der Waals surface area contributed by atoms with Gasteiger partial charge in [0.25, 0.3) is 5.91 Å². The maximum absolute atomic E-state index is 12.1. The highest BCUT2D eigenvalue weighted by Gasteiger charge is 2.09. The molecule has 0 aliphatic rings. The Bertz CT molecular complexity index is 740. The number of nitrogens with one attached hydrogen (secondary N) is 2. The van der Waals surface area contributed by atoms with E-state index >= 15 is 0 Å². The minimum atomic E-state index is -0.376. The molecule has 0 spiro atoms. The summed E-state index contributed by atoms with van der Waals surface area (Å²) in [6, 6.07) is 13.8. The molecule has 0 aliphatic carbocycles. The maximum atomic E-state index is 12.1. The van der Waals surface area contributed by atoms with Crippen molar-refractivity contribution in [3.05, 3.63) is 65.2 Å². The Kier molecular flexibility index (Phi) is 6.03. The van der Waals surface area contributed by atoms with E-state index in [4.69, 9.17) is 17.0 Å². The molecule has 5 nitrogen and oxygen atoms in total. The Hall–Kier alpha value is -2.73. The number of hydrogen-bond acceptors (Lipinski definition) is 4. The van der Waals surface area contributed by atoms with Gasteiger partial charge in [0.05, 0.1) is 12.2 Å². The number of aryl methyl sites for hydroxylation is 1. The molecule has 0 aromatic heterocycles. The molecule has 2 rings (SSSR count). The predicted octanol–water partition coefficient (Wildman–Crippen LogP) is 3.30. The molecule has 1 amide bonds. The molecule has 0 atom stereocenters. The van der Waals surface area contributed by atoms with E-state index in [9.17, 15) is 9.59 Å². The largest absolute Gasteiger partial charge is 0.462 e. The fourth-order valence-electron chi connectivity index (χ4n) is 1.95. The Morgan fingerprint density at radius 1 is 1.00 bits per heavy atom. The molecule has 0 aliphatic heterocycles. The first-order valence-corrected chi connectivity index (χ1v) is 7.86. The van der Waals surface area contributed by atoms with Crippen LogP contribution in [0.25, 0.3) is 0 Å². The van der Waals surface area contributed by atoms with Gasteiger partial charge in [-0.25, -0.2) is 4.79 Å². The summed E-state index contributed by atoms with van der Waals surface area (Å²) in [5.74, 6) is -0.657. The molecule has 0 radical (unpaired) electrons. The number of ether oxygens (including phenoxy) is 1. The summed E-state index contributed by atoms with van der Waals surface area (Å²) >= 11 is 5.13. The van der Waals surface area contributed by atoms with E-state index in [-0.39, 0.29) is 17.0 Å². The molecule has 0 bridgehead atoms. The molecule has 0 saturated heterocycles. The number of carbonyl (C=O) groups excluding carboxylic acids is 2. The van der Waals surface area contributed by atoms with Crippen molar-refractivity contribution in [2.75, 3.05) is 11.9 Å². The van der Waals surface area contributed by atoms with Crippen LogP contribution in [0.2, 0.25) is 0 Å². The topological polar surface area (TPSA) is 67.4 Å². The van der Waals surface area contributed by atoms with Gasteiger partial charge in [0, 0.05) is 11.3 Å². The monoisotopic (exact) mass is 342 g/mol. The molecule has 2 N–H and O–H groups in total. The third-order valence-corrected chi connectivity index (χ3v) is 3.40. The van der Waals surface area contributed by atoms with Gasteiger partial charge in [-0.3, -0.25) is 10.1 Å². The molecule has 0 heterocycles. The first-order chi connectivity index (χ1) is 11.5. The maximum Gasteiger partial charge on any atom is 0.338 e. The van der Waals surface area contributed by atoms with Gasteiger partial charge in [-0.1, -0.05) is 17.7 Å². The zero-order valence-electron chi connectivity index (χ0n) is 13.5. The molecular formula is C18H18N2O3S. The van der Waals surface area contributed by atoms with Crippen LogP contribution in [0.15, 0.2) is 48.5 Å². The summed E-state index contributed by atoms with van der Waals surface area (Å²) in [5.41, 5.74) is 2.73. The lowest BCUT2D eigenvalue weighted by atomic mass is 10.1. The first-order valence-electron chi connectivity index (χ1n) is 7.46. The van der Waals surface area contributed by atoms with Gasteiger partial charge < -0.3 is 10.1 Å². The van der Waals surface area contributed by atoms with E-state index in [1.54, 1.807) is 43.3 Å². The van der Waals surface area contributed by atoms with Crippen molar-refractivity contribution in [3.63, 3.8) is 0 Å². The molecule has 6 heteroatoms. The van der Waals surface area contributed by atoms with E-state index < -0.39 is 0 Å². The lowest BCUT2D eigenvalue weighted by Gasteiger charge is -2.10. The van der Waals surface area contributed by atoms with Crippen LogP contribution in [0.3, 0.4) is 0 Å². The van der Waals surface area contributed by atoms with E-state index in [0.717, 1.165) is 5.56 Å². The second kappa shape index (κ2) is 8.21. The van der Waals surface area contributed by atoms with E-state index in [2.05, 4.69) is 10.6 Å². The molecule has 0 saturated carbocycles. The zero-order chi connectivity index (χ0) is 17.5. The van der Waals surface area contributed by atoms with Crippen LogP contribution in [-0.2, 0) is 4.74 Å². The van der Waals surface area contributed by atoms with Crippen molar-refractivity contribution >= 4 is 34.9 Å². The van der Waals surface area contributed by atoms with E-state index in [1.807, 2.05) is 19.1 Å². The average Bonchev–Trinajstić information content (AvgIpc) is 2.56. The third-order valence-electron chi connectivity index (χ3n) is 3.19. The molecule has 0 fully saturated rings. The average molecular weight is 342 g/mol. The Labute approximate surface area is 146 Å². The van der Waals surface area contributed by atoms with Crippen molar-refractivity contribution in [1.82, 2.24) is 5.32 Å². The summed E-state index contributed by atoms with van der Waals surface area (Å²) in [7, 11) is 0. The summed E-state index contributed by atoms with van der Waals surface area (Å²) in [6.45, 7) is 4.03. The van der Waals surface area contributed by atoms with Crippen molar-refractivity contribution < 1.29 is 14.3 Å². The van der Waals surface area contributed by atoms with Crippen molar-refractivity contribution in [2.45, 2.75) is 13.8 Å². The number of hydrogen-bond donors (Lipinski definition) is 2. The molecule has 124 valence electrons. The number of rotatable bonds is 4. The fraction of sp³-hybridized carbons (Fsp3) is 0.167. The van der Waals surface area contributed by atoms with Gasteiger partial charge in [-0.15, -0.1) is 0 Å². The number of thiocarbonyl (C=S) groups is 1. The highest BCUT2D eigenvalue weighted by Crippen LogP contribution is 2.11. The highest BCUT2D eigenvalue weighted by atomic mass is 32.1. The molecule has 24 heavy (non-hydrogen) atoms. The third kappa shape index (κ3) is 4.89. The van der Waals surface area contributed by atoms with Gasteiger partial charge in [-0.05, 0) is 62.5 Å². The Morgan fingerprint density at radius 2 is 1.58 bits per heavy atom. The second-order valence-electron chi connectivity index (χ2n) is 5.07. The standard InChI is InChI=1S/C18H18N2O3S/c1-3-23-17(22)14-8-10-15(11-9-14)19-18(24)20-16(21)13-6-4-12(2)5-7-13/h4-11H,3H2,1-2H3,(H2,19,20,21,24). The summed E-state index contributed by atoms with van der Waals surface area (Å²) in [5, 5.41) is 5.70. The molecule has 2 aromatic carbocycles. The van der Waals surface area contributed by atoms with Gasteiger partial charge in [0.2, 0.25) is 0 Å². The van der Waals surface area contributed by atoms with Crippen LogP contribution in [0, 0.1) is 6.92 Å². The Balaban J connectivity index is 1.93. The van der Waals surface area contributed by atoms with Crippen molar-refractivity contribution in [2.24, 2.45) is 0 Å². The SMILES string of the molecule is CCOC(=O)c1ccc(NC(=S)NC(=O)c2ccc(C)cc2)cc1. The number of benzene rings is 2. The Morgan fingerprint density at radius 3 is 2.17 bits per heavy atom. The van der Waals surface area contributed by atoms with Crippen LogP contribution >= 0.6 is 12.2 Å². The quantitative estimate of drug-likeness (QED) is 0.659. The lowest BCUT2D eigenvalue weighted by molar-refractivity contribution is 0.0526. The van der Waals surface area contributed by atoms with Crippen LogP contribution < -0.4 is 10.6 Å². The number of esters is 1. The number of carbonyl (C=O) groups is 2. The fourth-order valence-corrected chi connectivity index (χ4v) is 2.16. The first kappa shape index (κ1) is 17.6. The van der Waals surface area contributed by atoms with Gasteiger partial charge in [-0.2, -0.15) is 0 Å². The molecular weight excluding hydrogens is 324 g/mol. The summed E-state index contributed by atoms with van der Waals surface area (Å²) in [4.78, 5) is 23.7. The summed E-state index contributed by atoms with van der Waals surface area (Å²) in [6.07, 6.45) is 0. The normalized spacial score (nSPS) is 9.92. The zero-order valence-corrected chi connectivity index (χ0v) is 14.3. The minimum Gasteiger partial charge on any atom is -0.462 e. The predicted molar refractivity (Wildman–Crippen MR) is 97.3 cm³/mol. The van der Waals surface area contributed by atoms with E-state index in [0.29, 0.717) is 23.4 Å². The van der Waals surface area contributed by atoms with Crippen LogP contribution in [0.4, 0.5) is 5.69 Å². The van der Waals surface area contributed by atoms with Crippen LogP contribution in [-0.4, -0.2) is 23.6 Å². The molecule has 2 aromatic rings. The number of anilines is 1. The van der Waals surface area contributed by atoms with Gasteiger partial charge in [0.1, 0.15) is 0 Å². The minimum absolute atomic E-state index is 0.185. The molecule has 0 unspecified atom stereocenters. The van der Waals surface area contributed by atoms with Crippen molar-refractivity contribution in [3.8, 4) is 0 Å². The summed E-state index contributed by atoms with van der Waals surface area (Å²) < 4.78 is 4.92. The highest BCUT2D eigenvalue weighted by molar-refractivity contribution is 7.80. The van der Waals surface area contributed by atoms with E-state index in [1.165, 1.54) is 0 Å². The van der Waals surface area contributed by atoms with Gasteiger partial charge >= 0.3 is 5.97 Å². The second-order valence-corrected chi connectivity index (χ2v) is 5.48. The van der Waals surface area contributed by atoms with Gasteiger partial charge in [0.15, 0.2) is 5.11 Å². The van der Waals surface area contributed by atoms with Crippen LogP contribution in [0.1, 0.15) is 33.2 Å². The van der Waals surface area contributed by atoms with Crippen LogP contribution in [0.5, 0.6) is 0 Å².